The molecule has 0 radical (unpaired) electrons. The van der Waals surface area contributed by atoms with Gasteiger partial charge in [0.1, 0.15) is 11.5 Å². The van der Waals surface area contributed by atoms with Gasteiger partial charge >= 0.3 is 5.97 Å². The molecule has 0 aliphatic carbocycles. The van der Waals surface area contributed by atoms with Gasteiger partial charge < -0.3 is 14.6 Å². The average Bonchev–Trinajstić information content (AvgIpc) is 2.93. The van der Waals surface area contributed by atoms with Crippen molar-refractivity contribution in [1.82, 2.24) is 0 Å². The molecule has 0 bridgehead atoms. The van der Waals surface area contributed by atoms with Crippen LogP contribution in [0.15, 0.2) is 35.7 Å². The molecule has 1 aromatic carbocycles. The molecule has 2 aromatic rings. The maximum Gasteiger partial charge on any atom is 0.349 e. The third-order valence-electron chi connectivity index (χ3n) is 3.35. The highest BCUT2D eigenvalue weighted by molar-refractivity contribution is 7.12. The van der Waals surface area contributed by atoms with E-state index in [1.807, 2.05) is 24.3 Å². The third-order valence-corrected chi connectivity index (χ3v) is 4.23. The second kappa shape index (κ2) is 5.54. The van der Waals surface area contributed by atoms with Crippen LogP contribution in [0.4, 0.5) is 0 Å². The van der Waals surface area contributed by atoms with Crippen LogP contribution < -0.4 is 9.47 Å². The van der Waals surface area contributed by atoms with Gasteiger partial charge in [-0.05, 0) is 23.9 Å². The molecular formula is C15H14O4S. The van der Waals surface area contributed by atoms with Gasteiger partial charge in [0.15, 0.2) is 4.88 Å². The molecule has 0 saturated carbocycles. The normalized spacial score (nSPS) is 17.1. The van der Waals surface area contributed by atoms with Crippen LogP contribution in [0.3, 0.4) is 0 Å². The van der Waals surface area contributed by atoms with Gasteiger partial charge in [-0.3, -0.25) is 0 Å². The second-order valence-electron chi connectivity index (χ2n) is 4.60. The van der Waals surface area contributed by atoms with Crippen LogP contribution in [-0.4, -0.2) is 24.3 Å². The fourth-order valence-corrected chi connectivity index (χ4v) is 3.02. The molecule has 0 fully saturated rings. The van der Waals surface area contributed by atoms with Crippen LogP contribution in [0.2, 0.25) is 0 Å². The Bertz CT molecular complexity index is 620. The lowest BCUT2D eigenvalue weighted by Crippen LogP contribution is -2.19. The molecule has 0 amide bonds. The molecule has 0 saturated heterocycles. The van der Waals surface area contributed by atoms with E-state index in [0.717, 1.165) is 17.7 Å². The highest BCUT2D eigenvalue weighted by Gasteiger charge is 2.22. The number of hydrogen-bond acceptors (Lipinski definition) is 4. The lowest BCUT2D eigenvalue weighted by molar-refractivity contribution is 0.0697. The van der Waals surface area contributed by atoms with E-state index in [4.69, 9.17) is 14.6 Å². The van der Waals surface area contributed by atoms with E-state index in [9.17, 15) is 4.79 Å². The van der Waals surface area contributed by atoms with E-state index >= 15 is 0 Å². The first-order valence-electron chi connectivity index (χ1n) is 6.41. The van der Waals surface area contributed by atoms with Gasteiger partial charge in [-0.1, -0.05) is 18.2 Å². The molecule has 1 unspecified atom stereocenters. The molecule has 20 heavy (non-hydrogen) atoms. The van der Waals surface area contributed by atoms with Gasteiger partial charge in [0.25, 0.3) is 0 Å². The number of para-hydroxylation sites is 1. The number of carboxylic acids is 1. The van der Waals surface area contributed by atoms with Gasteiger partial charge in [-0.2, -0.15) is 0 Å². The van der Waals surface area contributed by atoms with Gasteiger partial charge in [-0.25, -0.2) is 4.79 Å². The molecule has 1 atom stereocenters. The molecule has 0 spiro atoms. The van der Waals surface area contributed by atoms with Crippen molar-refractivity contribution >= 4 is 17.3 Å². The Morgan fingerprint density at radius 2 is 2.25 bits per heavy atom. The first-order valence-corrected chi connectivity index (χ1v) is 7.29. The third kappa shape index (κ3) is 2.49. The Hall–Kier alpha value is -2.01. The quantitative estimate of drug-likeness (QED) is 0.937. The number of benzene rings is 1. The van der Waals surface area contributed by atoms with E-state index in [2.05, 4.69) is 0 Å². The van der Waals surface area contributed by atoms with Crippen molar-refractivity contribution in [2.75, 3.05) is 13.2 Å². The minimum Gasteiger partial charge on any atom is -0.493 e. The molecule has 104 valence electrons. The molecule has 1 aliphatic rings. The average molecular weight is 290 g/mol. The topological polar surface area (TPSA) is 55.8 Å². The maximum absolute atomic E-state index is 11.0. The summed E-state index contributed by atoms with van der Waals surface area (Å²) in [6.07, 6.45) is 0.879. The van der Waals surface area contributed by atoms with Crippen LogP contribution in [0.1, 0.15) is 27.6 Å². The lowest BCUT2D eigenvalue weighted by Gasteiger charge is -2.25. The number of carbonyl (C=O) groups is 1. The van der Waals surface area contributed by atoms with Crippen molar-refractivity contribution in [3.8, 4) is 11.5 Å². The Morgan fingerprint density at radius 3 is 3.10 bits per heavy atom. The standard InChI is InChI=1S/C15H14O4S/c16-15(17)14-13(6-8-20-14)19-9-10-5-7-18-12-4-2-1-3-11(10)12/h1-4,6,8,10H,5,7,9H2,(H,16,17). The molecule has 2 heterocycles. The van der Waals surface area contributed by atoms with Gasteiger partial charge in [0.05, 0.1) is 13.2 Å². The summed E-state index contributed by atoms with van der Waals surface area (Å²) >= 11 is 1.18. The predicted molar refractivity (Wildman–Crippen MR) is 76.1 cm³/mol. The second-order valence-corrected chi connectivity index (χ2v) is 5.52. The monoisotopic (exact) mass is 290 g/mol. The molecule has 1 N–H and O–H groups in total. The molecule has 1 aliphatic heterocycles. The first kappa shape index (κ1) is 13.0. The zero-order valence-corrected chi connectivity index (χ0v) is 11.6. The number of ether oxygens (including phenoxy) is 2. The summed E-state index contributed by atoms with van der Waals surface area (Å²) < 4.78 is 11.3. The summed E-state index contributed by atoms with van der Waals surface area (Å²) in [5, 5.41) is 10.8. The highest BCUT2D eigenvalue weighted by atomic mass is 32.1. The summed E-state index contributed by atoms with van der Waals surface area (Å²) in [7, 11) is 0. The molecule has 3 rings (SSSR count). The van der Waals surface area contributed by atoms with Crippen molar-refractivity contribution in [2.24, 2.45) is 0 Å². The summed E-state index contributed by atoms with van der Waals surface area (Å²) in [4.78, 5) is 11.3. The van der Waals surface area contributed by atoms with Crippen molar-refractivity contribution < 1.29 is 19.4 Å². The Labute approximate surface area is 120 Å². The SMILES string of the molecule is O=C(O)c1sccc1OCC1CCOc2ccccc21. The van der Waals surface area contributed by atoms with Crippen molar-refractivity contribution in [3.63, 3.8) is 0 Å². The van der Waals surface area contributed by atoms with Gasteiger partial charge in [0.2, 0.25) is 0 Å². The van der Waals surface area contributed by atoms with Crippen LogP contribution in [0.5, 0.6) is 11.5 Å². The van der Waals surface area contributed by atoms with Crippen LogP contribution in [-0.2, 0) is 0 Å². The molecule has 1 aromatic heterocycles. The van der Waals surface area contributed by atoms with Crippen LogP contribution in [0.25, 0.3) is 0 Å². The largest absolute Gasteiger partial charge is 0.493 e. The van der Waals surface area contributed by atoms with E-state index in [1.165, 1.54) is 11.3 Å². The van der Waals surface area contributed by atoms with Crippen molar-refractivity contribution in [3.05, 3.63) is 46.2 Å². The highest BCUT2D eigenvalue weighted by Crippen LogP contribution is 2.34. The number of fused-ring (bicyclic) bond motifs is 1. The van der Waals surface area contributed by atoms with E-state index in [1.54, 1.807) is 11.4 Å². The van der Waals surface area contributed by atoms with Crippen LogP contribution in [0, 0.1) is 0 Å². The predicted octanol–water partition coefficient (Wildman–Crippen LogP) is 3.39. The number of thiophene rings is 1. The van der Waals surface area contributed by atoms with E-state index in [0.29, 0.717) is 19.0 Å². The summed E-state index contributed by atoms with van der Waals surface area (Å²) in [5.74, 6) is 0.645. The Balaban J connectivity index is 1.73. The number of rotatable bonds is 4. The lowest BCUT2D eigenvalue weighted by atomic mass is 9.94. The molecule has 4 nitrogen and oxygen atoms in total. The van der Waals surface area contributed by atoms with Gasteiger partial charge in [0, 0.05) is 11.5 Å². The zero-order chi connectivity index (χ0) is 13.9. The van der Waals surface area contributed by atoms with Crippen molar-refractivity contribution in [2.45, 2.75) is 12.3 Å². The Morgan fingerprint density at radius 1 is 1.40 bits per heavy atom. The molecular weight excluding hydrogens is 276 g/mol. The van der Waals surface area contributed by atoms with E-state index in [-0.39, 0.29) is 10.8 Å². The van der Waals surface area contributed by atoms with E-state index < -0.39 is 5.97 Å². The number of carboxylic acid groups (broad SMARTS) is 1. The fourth-order valence-electron chi connectivity index (χ4n) is 2.35. The zero-order valence-electron chi connectivity index (χ0n) is 10.7. The smallest absolute Gasteiger partial charge is 0.349 e. The van der Waals surface area contributed by atoms with Crippen molar-refractivity contribution in [1.29, 1.82) is 0 Å². The number of hydrogen-bond donors (Lipinski definition) is 1. The number of aromatic carboxylic acids is 1. The minimum atomic E-state index is -0.942. The minimum absolute atomic E-state index is 0.237. The van der Waals surface area contributed by atoms with Crippen LogP contribution >= 0.6 is 11.3 Å². The fraction of sp³-hybridized carbons (Fsp3) is 0.267. The Kier molecular flexibility index (Phi) is 3.60. The first-order chi connectivity index (χ1) is 9.75. The maximum atomic E-state index is 11.0. The summed E-state index contributed by atoms with van der Waals surface area (Å²) in [5.41, 5.74) is 1.13. The van der Waals surface area contributed by atoms with Gasteiger partial charge in [-0.15, -0.1) is 11.3 Å². The molecule has 5 heteroatoms. The summed E-state index contributed by atoms with van der Waals surface area (Å²) in [6.45, 7) is 1.14. The summed E-state index contributed by atoms with van der Waals surface area (Å²) in [6, 6.07) is 9.62.